The molecule has 0 saturated carbocycles. The Balaban J connectivity index is 0.00000196. The van der Waals surface area contributed by atoms with Gasteiger partial charge in [0.1, 0.15) is 5.82 Å². The van der Waals surface area contributed by atoms with E-state index in [1.54, 1.807) is 12.1 Å². The van der Waals surface area contributed by atoms with Gasteiger partial charge in [-0.15, -0.1) is 24.8 Å². The Morgan fingerprint density at radius 2 is 2.11 bits per heavy atom. The van der Waals surface area contributed by atoms with Gasteiger partial charge in [0.05, 0.1) is 11.6 Å². The average Bonchev–Trinajstić information content (AvgIpc) is 2.66. The first-order valence-corrected chi connectivity index (χ1v) is 9.33. The van der Waals surface area contributed by atoms with E-state index in [-0.39, 0.29) is 30.9 Å². The third-order valence-corrected chi connectivity index (χ3v) is 4.58. The summed E-state index contributed by atoms with van der Waals surface area (Å²) in [7, 11) is 0. The topological polar surface area (TPSA) is 90.9 Å². The summed E-state index contributed by atoms with van der Waals surface area (Å²) in [6, 6.07) is 11.8. The van der Waals surface area contributed by atoms with Crippen molar-refractivity contribution in [2.24, 2.45) is 5.73 Å². The molecule has 1 unspecified atom stereocenters. The van der Waals surface area contributed by atoms with Gasteiger partial charge in [-0.1, -0.05) is 19.4 Å². The molecule has 0 spiro atoms. The number of nitriles is 1. The van der Waals surface area contributed by atoms with E-state index in [9.17, 15) is 0 Å². The molecule has 2 aromatic rings. The zero-order chi connectivity index (χ0) is 18.4. The number of hydrogen-bond donors (Lipinski definition) is 2. The summed E-state index contributed by atoms with van der Waals surface area (Å²) in [6.45, 7) is 3.98. The van der Waals surface area contributed by atoms with E-state index < -0.39 is 0 Å². The van der Waals surface area contributed by atoms with Crippen molar-refractivity contribution in [3.63, 3.8) is 0 Å². The Kier molecular flexibility index (Phi) is 10.0. The summed E-state index contributed by atoms with van der Waals surface area (Å²) in [5.74, 6) is 1.50. The van der Waals surface area contributed by atoms with Crippen LogP contribution in [0.2, 0.25) is 0 Å². The van der Waals surface area contributed by atoms with Crippen molar-refractivity contribution in [2.45, 2.75) is 45.1 Å². The Morgan fingerprint density at radius 3 is 2.82 bits per heavy atom. The number of halogens is 2. The van der Waals surface area contributed by atoms with Crippen LogP contribution in [0.1, 0.15) is 43.9 Å². The van der Waals surface area contributed by atoms with Gasteiger partial charge in [-0.3, -0.25) is 0 Å². The van der Waals surface area contributed by atoms with Crippen molar-refractivity contribution in [3.05, 3.63) is 41.6 Å². The molecule has 1 atom stereocenters. The fourth-order valence-corrected chi connectivity index (χ4v) is 3.20. The largest absolute Gasteiger partial charge is 0.355 e. The molecule has 6 nitrogen and oxygen atoms in total. The van der Waals surface area contributed by atoms with Gasteiger partial charge in [0.15, 0.2) is 0 Å². The first kappa shape index (κ1) is 24.0. The summed E-state index contributed by atoms with van der Waals surface area (Å²) < 4.78 is 0. The lowest BCUT2D eigenvalue weighted by Crippen LogP contribution is -2.43. The number of rotatable bonds is 6. The second-order valence-electron chi connectivity index (χ2n) is 6.81. The van der Waals surface area contributed by atoms with Crippen LogP contribution in [0.3, 0.4) is 0 Å². The number of aryl methyl sites for hydroxylation is 1. The quantitative estimate of drug-likeness (QED) is 0.724. The highest BCUT2D eigenvalue weighted by Gasteiger charge is 2.19. The molecule has 1 aliphatic heterocycles. The SMILES string of the molecule is CCCCc1cc(N2CCCC(N)C2)nc(Nc2cccc(C#N)c2)n1.Cl.Cl. The lowest BCUT2D eigenvalue weighted by molar-refractivity contribution is 0.503. The van der Waals surface area contributed by atoms with Crippen LogP contribution >= 0.6 is 24.8 Å². The second kappa shape index (κ2) is 11.7. The number of aromatic nitrogens is 2. The van der Waals surface area contributed by atoms with E-state index in [4.69, 9.17) is 16.0 Å². The molecule has 1 fully saturated rings. The van der Waals surface area contributed by atoms with Gasteiger partial charge in [-0.25, -0.2) is 4.98 Å². The maximum absolute atomic E-state index is 9.08. The first-order valence-electron chi connectivity index (χ1n) is 9.33. The molecule has 28 heavy (non-hydrogen) atoms. The number of hydrogen-bond acceptors (Lipinski definition) is 6. The molecule has 0 bridgehead atoms. The highest BCUT2D eigenvalue weighted by Crippen LogP contribution is 2.22. The van der Waals surface area contributed by atoms with Gasteiger partial charge >= 0.3 is 0 Å². The second-order valence-corrected chi connectivity index (χ2v) is 6.81. The number of piperidine rings is 1. The molecule has 2 heterocycles. The van der Waals surface area contributed by atoms with Crippen LogP contribution in [0.15, 0.2) is 30.3 Å². The minimum atomic E-state index is 0. The standard InChI is InChI=1S/C20H26N6.2ClH/c1-2-3-8-18-12-19(26-10-5-7-16(22)14-26)25-20(24-18)23-17-9-4-6-15(11-17)13-21;;/h4,6,9,11-12,16H,2-3,5,7-8,10,14,22H2,1H3,(H,23,24,25);2*1H. The number of nitrogens with one attached hydrogen (secondary N) is 1. The van der Waals surface area contributed by atoms with Crippen LogP contribution in [0.5, 0.6) is 0 Å². The highest BCUT2D eigenvalue weighted by atomic mass is 35.5. The summed E-state index contributed by atoms with van der Waals surface area (Å²) in [4.78, 5) is 11.6. The van der Waals surface area contributed by atoms with Crippen LogP contribution in [0.25, 0.3) is 0 Å². The van der Waals surface area contributed by atoms with Gasteiger partial charge < -0.3 is 16.0 Å². The normalized spacial score (nSPS) is 15.8. The molecule has 0 amide bonds. The fourth-order valence-electron chi connectivity index (χ4n) is 3.20. The fraction of sp³-hybridized carbons (Fsp3) is 0.450. The van der Waals surface area contributed by atoms with Gasteiger partial charge in [0.2, 0.25) is 5.95 Å². The zero-order valence-electron chi connectivity index (χ0n) is 16.1. The molecular formula is C20H28Cl2N6. The van der Waals surface area contributed by atoms with Crippen LogP contribution in [0, 0.1) is 11.3 Å². The summed E-state index contributed by atoms with van der Waals surface area (Å²) in [5.41, 5.74) is 8.61. The lowest BCUT2D eigenvalue weighted by atomic mass is 10.1. The monoisotopic (exact) mass is 422 g/mol. The third kappa shape index (κ3) is 6.52. The molecule has 8 heteroatoms. The maximum atomic E-state index is 9.08. The summed E-state index contributed by atoms with van der Waals surface area (Å²) in [5, 5.41) is 12.3. The molecule has 3 N–H and O–H groups in total. The predicted octanol–water partition coefficient (Wildman–Crippen LogP) is 4.21. The van der Waals surface area contributed by atoms with Crippen molar-refractivity contribution in [1.29, 1.82) is 5.26 Å². The number of unbranched alkanes of at least 4 members (excludes halogenated alkanes) is 1. The molecule has 1 aromatic carbocycles. The average molecular weight is 423 g/mol. The Hall–Kier alpha value is -2.07. The van der Waals surface area contributed by atoms with Gasteiger partial charge in [-0.05, 0) is 43.9 Å². The van der Waals surface area contributed by atoms with E-state index in [1.807, 2.05) is 12.1 Å². The van der Waals surface area contributed by atoms with Gasteiger partial charge in [-0.2, -0.15) is 10.2 Å². The highest BCUT2D eigenvalue weighted by molar-refractivity contribution is 5.85. The van der Waals surface area contributed by atoms with Crippen molar-refractivity contribution in [1.82, 2.24) is 9.97 Å². The van der Waals surface area contributed by atoms with Crippen molar-refractivity contribution >= 4 is 42.3 Å². The predicted molar refractivity (Wildman–Crippen MR) is 119 cm³/mol. The van der Waals surface area contributed by atoms with E-state index in [2.05, 4.69) is 34.3 Å². The molecule has 0 aliphatic carbocycles. The minimum absolute atomic E-state index is 0. The number of benzene rings is 1. The maximum Gasteiger partial charge on any atom is 0.229 e. The van der Waals surface area contributed by atoms with E-state index in [1.165, 1.54) is 0 Å². The summed E-state index contributed by atoms with van der Waals surface area (Å²) in [6.07, 6.45) is 5.30. The van der Waals surface area contributed by atoms with Crippen LogP contribution in [0.4, 0.5) is 17.5 Å². The Morgan fingerprint density at radius 1 is 1.29 bits per heavy atom. The van der Waals surface area contributed by atoms with E-state index >= 15 is 0 Å². The Bertz CT molecular complexity index is 793. The Labute approximate surface area is 179 Å². The van der Waals surface area contributed by atoms with Crippen LogP contribution in [-0.4, -0.2) is 29.1 Å². The molecule has 1 aliphatic rings. The van der Waals surface area contributed by atoms with Crippen LogP contribution < -0.4 is 16.0 Å². The number of nitrogens with zero attached hydrogens (tertiary/aromatic N) is 4. The molecule has 3 rings (SSSR count). The lowest BCUT2D eigenvalue weighted by Gasteiger charge is -2.32. The molecule has 1 aromatic heterocycles. The van der Waals surface area contributed by atoms with Gasteiger partial charge in [0, 0.05) is 36.6 Å². The molecular weight excluding hydrogens is 395 g/mol. The molecule has 0 radical (unpaired) electrons. The molecule has 152 valence electrons. The summed E-state index contributed by atoms with van der Waals surface area (Å²) >= 11 is 0. The van der Waals surface area contributed by atoms with E-state index in [0.717, 1.165) is 62.4 Å². The number of nitrogens with two attached hydrogens (primary N) is 1. The smallest absolute Gasteiger partial charge is 0.229 e. The van der Waals surface area contributed by atoms with Crippen molar-refractivity contribution in [2.75, 3.05) is 23.3 Å². The zero-order valence-corrected chi connectivity index (χ0v) is 17.7. The van der Waals surface area contributed by atoms with Crippen LogP contribution in [-0.2, 0) is 6.42 Å². The van der Waals surface area contributed by atoms with Crippen molar-refractivity contribution < 1.29 is 0 Å². The van der Waals surface area contributed by atoms with Gasteiger partial charge in [0.25, 0.3) is 0 Å². The number of anilines is 3. The van der Waals surface area contributed by atoms with Crippen molar-refractivity contribution in [3.8, 4) is 6.07 Å². The third-order valence-electron chi connectivity index (χ3n) is 4.58. The van der Waals surface area contributed by atoms with E-state index in [0.29, 0.717) is 11.5 Å². The minimum Gasteiger partial charge on any atom is -0.355 e. The first-order chi connectivity index (χ1) is 12.7. The molecule has 1 saturated heterocycles.